The minimum Gasteiger partial charge on any atom is -0.497 e. The summed E-state index contributed by atoms with van der Waals surface area (Å²) in [4.78, 5) is 12.1. The largest absolute Gasteiger partial charge is 0.497 e. The molecule has 0 saturated heterocycles. The standard InChI is InChI=1S/C21H22N4O2S3/c1-14-4-6-16(7-5-14)12-28-20-24-25-21(30-20)29-13-19(26)23-22-15(2)17-8-10-18(27-3)11-9-17/h4-11H,12-13H2,1-3H3,(H,23,26). The summed E-state index contributed by atoms with van der Waals surface area (Å²) in [7, 11) is 1.62. The normalized spacial score (nSPS) is 11.4. The first-order valence-corrected chi connectivity index (χ1v) is 11.9. The van der Waals surface area contributed by atoms with Crippen molar-refractivity contribution in [1.29, 1.82) is 0 Å². The van der Waals surface area contributed by atoms with Gasteiger partial charge in [-0.1, -0.05) is 64.7 Å². The molecule has 9 heteroatoms. The van der Waals surface area contributed by atoms with Crippen LogP contribution in [0, 0.1) is 6.92 Å². The Morgan fingerprint density at radius 2 is 1.73 bits per heavy atom. The van der Waals surface area contributed by atoms with Crippen LogP contribution in [0.5, 0.6) is 5.75 Å². The van der Waals surface area contributed by atoms with Crippen LogP contribution in [0.3, 0.4) is 0 Å². The molecule has 1 heterocycles. The number of hydrogen-bond donors (Lipinski definition) is 1. The molecular weight excluding hydrogens is 436 g/mol. The van der Waals surface area contributed by atoms with Gasteiger partial charge in [-0.3, -0.25) is 4.79 Å². The van der Waals surface area contributed by atoms with Gasteiger partial charge in [-0.2, -0.15) is 5.10 Å². The maximum atomic E-state index is 12.1. The number of hydrogen-bond acceptors (Lipinski definition) is 8. The molecule has 2 aromatic carbocycles. The zero-order valence-electron chi connectivity index (χ0n) is 16.9. The number of aryl methyl sites for hydroxylation is 1. The molecule has 0 fully saturated rings. The van der Waals surface area contributed by atoms with Crippen molar-refractivity contribution in [3.63, 3.8) is 0 Å². The van der Waals surface area contributed by atoms with E-state index in [0.29, 0.717) is 0 Å². The van der Waals surface area contributed by atoms with Gasteiger partial charge in [-0.15, -0.1) is 10.2 Å². The van der Waals surface area contributed by atoms with E-state index < -0.39 is 0 Å². The number of carbonyl (C=O) groups is 1. The summed E-state index contributed by atoms with van der Waals surface area (Å²) < 4.78 is 6.81. The predicted octanol–water partition coefficient (Wildman–Crippen LogP) is 4.78. The third-order valence-electron chi connectivity index (χ3n) is 4.05. The smallest absolute Gasteiger partial charge is 0.250 e. The Morgan fingerprint density at radius 3 is 2.40 bits per heavy atom. The van der Waals surface area contributed by atoms with Gasteiger partial charge in [0.2, 0.25) is 0 Å². The highest BCUT2D eigenvalue weighted by atomic mass is 32.2. The van der Waals surface area contributed by atoms with Gasteiger partial charge < -0.3 is 4.74 Å². The molecule has 1 aromatic heterocycles. The first-order chi connectivity index (χ1) is 14.5. The fourth-order valence-electron chi connectivity index (χ4n) is 2.35. The van der Waals surface area contributed by atoms with Gasteiger partial charge in [0.05, 0.1) is 18.6 Å². The van der Waals surface area contributed by atoms with Gasteiger partial charge in [-0.25, -0.2) is 5.43 Å². The van der Waals surface area contributed by atoms with Crippen LogP contribution in [0.25, 0.3) is 0 Å². The number of amides is 1. The second-order valence-corrected chi connectivity index (χ2v) is 9.78. The van der Waals surface area contributed by atoms with Crippen molar-refractivity contribution in [3.05, 3.63) is 65.2 Å². The van der Waals surface area contributed by atoms with Gasteiger partial charge in [0.1, 0.15) is 5.75 Å². The van der Waals surface area contributed by atoms with Gasteiger partial charge in [0.25, 0.3) is 5.91 Å². The number of ether oxygens (including phenoxy) is 1. The lowest BCUT2D eigenvalue weighted by molar-refractivity contribution is -0.118. The summed E-state index contributed by atoms with van der Waals surface area (Å²) in [5.41, 5.74) is 6.73. The quantitative estimate of drug-likeness (QED) is 0.282. The molecule has 0 aliphatic heterocycles. The van der Waals surface area contributed by atoms with E-state index in [1.54, 1.807) is 18.9 Å². The van der Waals surface area contributed by atoms with E-state index in [9.17, 15) is 4.79 Å². The highest BCUT2D eigenvalue weighted by Crippen LogP contribution is 2.30. The Balaban J connectivity index is 1.43. The number of hydrazone groups is 1. The number of methoxy groups -OCH3 is 1. The van der Waals surface area contributed by atoms with E-state index in [0.717, 1.165) is 31.5 Å². The number of nitrogens with one attached hydrogen (secondary N) is 1. The molecule has 0 spiro atoms. The van der Waals surface area contributed by atoms with Gasteiger partial charge >= 0.3 is 0 Å². The summed E-state index contributed by atoms with van der Waals surface area (Å²) in [5.74, 6) is 1.67. The Hall–Kier alpha value is -2.36. The molecule has 1 amide bonds. The van der Waals surface area contributed by atoms with Crippen LogP contribution in [-0.4, -0.2) is 34.7 Å². The first kappa shape index (κ1) is 22.3. The Kier molecular flexibility index (Phi) is 8.30. The van der Waals surface area contributed by atoms with Crippen molar-refractivity contribution in [3.8, 4) is 5.75 Å². The van der Waals surface area contributed by atoms with Crippen molar-refractivity contribution >= 4 is 46.5 Å². The highest BCUT2D eigenvalue weighted by molar-refractivity contribution is 8.03. The number of carbonyl (C=O) groups excluding carboxylic acids is 1. The van der Waals surface area contributed by atoms with Crippen LogP contribution in [-0.2, 0) is 10.5 Å². The van der Waals surface area contributed by atoms with E-state index in [-0.39, 0.29) is 11.7 Å². The second-order valence-electron chi connectivity index (χ2n) is 6.36. The van der Waals surface area contributed by atoms with Crippen molar-refractivity contribution < 1.29 is 9.53 Å². The Morgan fingerprint density at radius 1 is 1.07 bits per heavy atom. The summed E-state index contributed by atoms with van der Waals surface area (Å²) in [5, 5.41) is 12.5. The monoisotopic (exact) mass is 458 g/mol. The van der Waals surface area contributed by atoms with Crippen molar-refractivity contribution in [2.24, 2.45) is 5.10 Å². The van der Waals surface area contributed by atoms with Gasteiger partial charge in [0, 0.05) is 5.75 Å². The molecule has 0 radical (unpaired) electrons. The molecule has 0 bridgehead atoms. The maximum absolute atomic E-state index is 12.1. The molecule has 0 unspecified atom stereocenters. The van der Waals surface area contributed by atoms with Crippen molar-refractivity contribution in [1.82, 2.24) is 15.6 Å². The molecule has 3 rings (SSSR count). The molecule has 0 atom stereocenters. The highest BCUT2D eigenvalue weighted by Gasteiger charge is 2.09. The third-order valence-corrected chi connectivity index (χ3v) is 7.31. The minimum atomic E-state index is -0.183. The first-order valence-electron chi connectivity index (χ1n) is 9.15. The fraction of sp³-hybridized carbons (Fsp3) is 0.238. The number of rotatable bonds is 9. The topological polar surface area (TPSA) is 76.5 Å². The van der Waals surface area contributed by atoms with Gasteiger partial charge in [0.15, 0.2) is 8.68 Å². The molecule has 6 nitrogen and oxygen atoms in total. The second kappa shape index (κ2) is 11.1. The van der Waals surface area contributed by atoms with Crippen LogP contribution in [0.1, 0.15) is 23.6 Å². The van der Waals surface area contributed by atoms with Gasteiger partial charge in [-0.05, 0) is 49.2 Å². The predicted molar refractivity (Wildman–Crippen MR) is 125 cm³/mol. The molecule has 156 valence electrons. The average Bonchev–Trinajstić information content (AvgIpc) is 3.23. The zero-order valence-corrected chi connectivity index (χ0v) is 19.4. The van der Waals surface area contributed by atoms with Crippen molar-refractivity contribution in [2.75, 3.05) is 12.9 Å². The maximum Gasteiger partial charge on any atom is 0.250 e. The SMILES string of the molecule is COc1ccc(C(C)=NNC(=O)CSc2nnc(SCc3ccc(C)cc3)s2)cc1. The molecule has 0 aliphatic rings. The van der Waals surface area contributed by atoms with Crippen LogP contribution in [0.2, 0.25) is 0 Å². The fourth-order valence-corrected chi connectivity index (χ4v) is 5.11. The molecule has 30 heavy (non-hydrogen) atoms. The lowest BCUT2D eigenvalue weighted by Gasteiger charge is -2.04. The molecule has 0 saturated carbocycles. The van der Waals surface area contributed by atoms with E-state index in [4.69, 9.17) is 4.74 Å². The number of thioether (sulfide) groups is 2. The average molecular weight is 459 g/mol. The van der Waals surface area contributed by atoms with Crippen LogP contribution in [0.4, 0.5) is 0 Å². The molecule has 1 N–H and O–H groups in total. The van der Waals surface area contributed by atoms with Crippen LogP contribution in [0.15, 0.2) is 62.3 Å². The lowest BCUT2D eigenvalue weighted by Crippen LogP contribution is -2.21. The zero-order chi connectivity index (χ0) is 21.3. The Bertz CT molecular complexity index is 1000. The Labute approximate surface area is 188 Å². The number of nitrogens with zero attached hydrogens (tertiary/aromatic N) is 3. The van der Waals surface area contributed by atoms with Crippen LogP contribution < -0.4 is 10.2 Å². The molecule has 3 aromatic rings. The van der Waals surface area contributed by atoms with E-state index in [1.807, 2.05) is 31.2 Å². The van der Waals surface area contributed by atoms with E-state index >= 15 is 0 Å². The summed E-state index contributed by atoms with van der Waals surface area (Å²) in [6.45, 7) is 3.92. The number of aromatic nitrogens is 2. The van der Waals surface area contributed by atoms with E-state index in [1.165, 1.54) is 34.2 Å². The summed E-state index contributed by atoms with van der Waals surface area (Å²) in [6.07, 6.45) is 0. The molecular formula is C21H22N4O2S3. The summed E-state index contributed by atoms with van der Waals surface area (Å²) in [6, 6.07) is 16.0. The minimum absolute atomic E-state index is 0.183. The lowest BCUT2D eigenvalue weighted by atomic mass is 10.1. The molecule has 0 aliphatic carbocycles. The summed E-state index contributed by atoms with van der Waals surface area (Å²) >= 11 is 4.51. The number of benzene rings is 2. The van der Waals surface area contributed by atoms with Crippen LogP contribution >= 0.6 is 34.9 Å². The van der Waals surface area contributed by atoms with E-state index in [2.05, 4.69) is 51.9 Å². The third kappa shape index (κ3) is 6.86. The van der Waals surface area contributed by atoms with Crippen molar-refractivity contribution in [2.45, 2.75) is 28.3 Å².